The molecule has 0 radical (unpaired) electrons. The molecule has 0 saturated heterocycles. The average Bonchev–Trinajstić information content (AvgIpc) is 2.91. The molecule has 0 bridgehead atoms. The fraction of sp³-hybridized carbons (Fsp3) is 0.267. The van der Waals surface area contributed by atoms with Gasteiger partial charge in [0.2, 0.25) is 0 Å². The van der Waals surface area contributed by atoms with Gasteiger partial charge in [-0.15, -0.1) is 11.3 Å². The molecule has 0 saturated carbocycles. The lowest BCUT2D eigenvalue weighted by molar-refractivity contribution is 0.0593. The third-order valence-corrected chi connectivity index (χ3v) is 4.08. The van der Waals surface area contributed by atoms with E-state index in [9.17, 15) is 9.59 Å². The molecule has 6 nitrogen and oxygen atoms in total. The Morgan fingerprint density at radius 3 is 2.45 bits per heavy atom. The summed E-state index contributed by atoms with van der Waals surface area (Å²) in [7, 11) is 1.31. The molecular formula is C15H17N3O3S. The summed E-state index contributed by atoms with van der Waals surface area (Å²) in [6.07, 6.45) is 0. The first kappa shape index (κ1) is 16.0. The normalized spacial score (nSPS) is 10.4. The SMILES string of the molecule is COC(=O)c1nc(NC(=O)Nc2ccccc2)sc1C(C)C. The van der Waals surface area contributed by atoms with E-state index in [-0.39, 0.29) is 11.6 Å². The van der Waals surface area contributed by atoms with Crippen molar-refractivity contribution in [2.24, 2.45) is 0 Å². The summed E-state index contributed by atoms with van der Waals surface area (Å²) in [5.74, 6) is -0.393. The second-order valence-corrected chi connectivity index (χ2v) is 5.85. The smallest absolute Gasteiger partial charge is 0.357 e. The van der Waals surface area contributed by atoms with Crippen LogP contribution in [0.4, 0.5) is 15.6 Å². The molecule has 1 aromatic carbocycles. The van der Waals surface area contributed by atoms with Gasteiger partial charge in [-0.3, -0.25) is 5.32 Å². The minimum Gasteiger partial charge on any atom is -0.464 e. The van der Waals surface area contributed by atoms with Crippen LogP contribution in [0.25, 0.3) is 0 Å². The van der Waals surface area contributed by atoms with Gasteiger partial charge in [0, 0.05) is 10.6 Å². The van der Waals surface area contributed by atoms with E-state index >= 15 is 0 Å². The molecule has 2 aromatic rings. The molecule has 0 aliphatic carbocycles. The van der Waals surface area contributed by atoms with Crippen molar-refractivity contribution < 1.29 is 14.3 Å². The topological polar surface area (TPSA) is 80.3 Å². The van der Waals surface area contributed by atoms with E-state index in [1.165, 1.54) is 18.4 Å². The number of benzene rings is 1. The van der Waals surface area contributed by atoms with Crippen LogP contribution >= 0.6 is 11.3 Å². The highest BCUT2D eigenvalue weighted by molar-refractivity contribution is 7.16. The van der Waals surface area contributed by atoms with Crippen LogP contribution in [-0.2, 0) is 4.74 Å². The van der Waals surface area contributed by atoms with Crippen LogP contribution in [0.3, 0.4) is 0 Å². The monoisotopic (exact) mass is 319 g/mol. The summed E-state index contributed by atoms with van der Waals surface area (Å²) >= 11 is 1.27. The van der Waals surface area contributed by atoms with Crippen LogP contribution in [0.5, 0.6) is 0 Å². The van der Waals surface area contributed by atoms with Gasteiger partial charge < -0.3 is 10.1 Å². The summed E-state index contributed by atoms with van der Waals surface area (Å²) in [5, 5.41) is 5.69. The average molecular weight is 319 g/mol. The molecule has 116 valence electrons. The molecule has 1 heterocycles. The van der Waals surface area contributed by atoms with Crippen LogP contribution in [-0.4, -0.2) is 24.1 Å². The number of carbonyl (C=O) groups is 2. The van der Waals surface area contributed by atoms with Crippen molar-refractivity contribution in [3.8, 4) is 0 Å². The number of anilines is 2. The number of ether oxygens (including phenoxy) is 1. The van der Waals surface area contributed by atoms with Gasteiger partial charge in [-0.2, -0.15) is 0 Å². The molecule has 1 aromatic heterocycles. The number of hydrogen-bond donors (Lipinski definition) is 2. The Bertz CT molecular complexity index is 668. The molecule has 0 atom stereocenters. The summed E-state index contributed by atoms with van der Waals surface area (Å²) in [4.78, 5) is 28.6. The molecule has 2 amide bonds. The summed E-state index contributed by atoms with van der Waals surface area (Å²) in [5.41, 5.74) is 0.923. The minimum atomic E-state index is -0.503. The van der Waals surface area contributed by atoms with E-state index in [1.807, 2.05) is 32.0 Å². The molecular weight excluding hydrogens is 302 g/mol. The van der Waals surface area contributed by atoms with Crippen LogP contribution in [0.15, 0.2) is 30.3 Å². The molecule has 0 unspecified atom stereocenters. The Hall–Kier alpha value is -2.41. The van der Waals surface area contributed by atoms with Crippen LogP contribution in [0.2, 0.25) is 0 Å². The Balaban J connectivity index is 2.12. The first-order valence-electron chi connectivity index (χ1n) is 6.73. The summed E-state index contributed by atoms with van der Waals surface area (Å²) < 4.78 is 4.72. The number of aromatic nitrogens is 1. The predicted octanol–water partition coefficient (Wildman–Crippen LogP) is 3.70. The van der Waals surface area contributed by atoms with Crippen LogP contribution in [0.1, 0.15) is 35.1 Å². The number of methoxy groups -OCH3 is 1. The number of nitrogens with zero attached hydrogens (tertiary/aromatic N) is 1. The van der Waals surface area contributed by atoms with Crippen LogP contribution in [0, 0.1) is 0 Å². The molecule has 0 aliphatic heterocycles. The second kappa shape index (κ2) is 7.04. The third kappa shape index (κ3) is 3.82. The molecule has 22 heavy (non-hydrogen) atoms. The number of nitrogens with one attached hydrogen (secondary N) is 2. The number of hydrogen-bond acceptors (Lipinski definition) is 5. The van der Waals surface area contributed by atoms with Gasteiger partial charge in [0.1, 0.15) is 0 Å². The zero-order valence-electron chi connectivity index (χ0n) is 12.5. The van der Waals surface area contributed by atoms with Crippen molar-refractivity contribution in [2.45, 2.75) is 19.8 Å². The van der Waals surface area contributed by atoms with Crippen molar-refractivity contribution in [3.05, 3.63) is 40.9 Å². The van der Waals surface area contributed by atoms with Gasteiger partial charge in [0.25, 0.3) is 0 Å². The zero-order valence-corrected chi connectivity index (χ0v) is 13.4. The highest BCUT2D eigenvalue weighted by atomic mass is 32.1. The Labute approximate surface area is 132 Å². The second-order valence-electron chi connectivity index (χ2n) is 4.82. The molecule has 7 heteroatoms. The summed E-state index contributed by atoms with van der Waals surface area (Å²) in [6, 6.07) is 8.66. The summed E-state index contributed by atoms with van der Waals surface area (Å²) in [6.45, 7) is 3.90. The lowest BCUT2D eigenvalue weighted by atomic mass is 10.1. The number of urea groups is 1. The predicted molar refractivity (Wildman–Crippen MR) is 86.6 cm³/mol. The fourth-order valence-corrected chi connectivity index (χ4v) is 2.75. The van der Waals surface area contributed by atoms with Crippen molar-refractivity contribution in [2.75, 3.05) is 17.7 Å². The maximum absolute atomic E-state index is 11.9. The van der Waals surface area contributed by atoms with Crippen molar-refractivity contribution in [3.63, 3.8) is 0 Å². The van der Waals surface area contributed by atoms with Gasteiger partial charge in [0.15, 0.2) is 10.8 Å². The lowest BCUT2D eigenvalue weighted by Gasteiger charge is -2.04. The van der Waals surface area contributed by atoms with Crippen molar-refractivity contribution >= 4 is 34.2 Å². The first-order chi connectivity index (χ1) is 10.5. The molecule has 0 aliphatic rings. The van der Waals surface area contributed by atoms with Crippen LogP contribution < -0.4 is 10.6 Å². The lowest BCUT2D eigenvalue weighted by Crippen LogP contribution is -2.19. The van der Waals surface area contributed by atoms with Gasteiger partial charge in [-0.25, -0.2) is 14.6 Å². The standard InChI is InChI=1S/C15H17N3O3S/c1-9(2)12-11(13(19)21-3)17-15(22-12)18-14(20)16-10-7-5-4-6-8-10/h4-9H,1-3H3,(H2,16,17,18,20). The van der Waals surface area contributed by atoms with E-state index in [1.54, 1.807) is 12.1 Å². The van der Waals surface area contributed by atoms with Gasteiger partial charge in [-0.1, -0.05) is 32.0 Å². The quantitative estimate of drug-likeness (QED) is 0.842. The van der Waals surface area contributed by atoms with E-state index in [4.69, 9.17) is 4.74 Å². The molecule has 0 fully saturated rings. The van der Waals surface area contributed by atoms with Crippen molar-refractivity contribution in [1.29, 1.82) is 0 Å². The van der Waals surface area contributed by atoms with Gasteiger partial charge in [0.05, 0.1) is 7.11 Å². The maximum atomic E-state index is 11.9. The first-order valence-corrected chi connectivity index (χ1v) is 7.55. The highest BCUT2D eigenvalue weighted by Gasteiger charge is 2.21. The number of thiazole rings is 1. The largest absolute Gasteiger partial charge is 0.464 e. The minimum absolute atomic E-state index is 0.110. The number of para-hydroxylation sites is 1. The van der Waals surface area contributed by atoms with Crippen molar-refractivity contribution in [1.82, 2.24) is 4.98 Å². The molecule has 2 N–H and O–H groups in total. The number of esters is 1. The Morgan fingerprint density at radius 1 is 1.18 bits per heavy atom. The Morgan fingerprint density at radius 2 is 1.86 bits per heavy atom. The van der Waals surface area contributed by atoms with E-state index in [2.05, 4.69) is 15.6 Å². The van der Waals surface area contributed by atoms with E-state index in [0.29, 0.717) is 10.8 Å². The Kier molecular flexibility index (Phi) is 5.11. The number of rotatable bonds is 4. The van der Waals surface area contributed by atoms with Gasteiger partial charge >= 0.3 is 12.0 Å². The number of carbonyl (C=O) groups excluding carboxylic acids is 2. The van der Waals surface area contributed by atoms with E-state index in [0.717, 1.165) is 4.88 Å². The highest BCUT2D eigenvalue weighted by Crippen LogP contribution is 2.30. The fourth-order valence-electron chi connectivity index (χ4n) is 1.80. The third-order valence-electron chi connectivity index (χ3n) is 2.81. The number of amides is 2. The van der Waals surface area contributed by atoms with Gasteiger partial charge in [-0.05, 0) is 18.1 Å². The van der Waals surface area contributed by atoms with E-state index < -0.39 is 12.0 Å². The maximum Gasteiger partial charge on any atom is 0.357 e. The molecule has 2 rings (SSSR count). The zero-order chi connectivity index (χ0) is 16.1. The molecule has 0 spiro atoms.